The van der Waals surface area contributed by atoms with E-state index < -0.39 is 5.97 Å². The van der Waals surface area contributed by atoms with Crippen LogP contribution in [0.2, 0.25) is 0 Å². The lowest BCUT2D eigenvalue weighted by atomic mass is 9.96. The maximum Gasteiger partial charge on any atom is 0.360 e. The van der Waals surface area contributed by atoms with Gasteiger partial charge in [-0.25, -0.2) is 9.78 Å². The van der Waals surface area contributed by atoms with E-state index in [0.717, 1.165) is 12.8 Å². The van der Waals surface area contributed by atoms with Crippen molar-refractivity contribution in [3.05, 3.63) is 53.7 Å². The van der Waals surface area contributed by atoms with Crippen LogP contribution < -0.4 is 0 Å². The molecule has 4 nitrogen and oxygen atoms in total. The van der Waals surface area contributed by atoms with Gasteiger partial charge in [-0.15, -0.1) is 0 Å². The minimum atomic E-state index is -0.429. The molecule has 0 amide bonds. The van der Waals surface area contributed by atoms with Gasteiger partial charge in [0, 0.05) is 0 Å². The van der Waals surface area contributed by atoms with Crippen LogP contribution in [-0.4, -0.2) is 17.6 Å². The van der Waals surface area contributed by atoms with Crippen molar-refractivity contribution < 1.29 is 13.9 Å². The highest BCUT2D eigenvalue weighted by Gasteiger charge is 2.50. The van der Waals surface area contributed by atoms with E-state index in [1.54, 1.807) is 6.92 Å². The van der Waals surface area contributed by atoms with Crippen molar-refractivity contribution in [2.75, 3.05) is 6.61 Å². The van der Waals surface area contributed by atoms with E-state index in [1.165, 1.54) is 11.8 Å². The average molecular weight is 257 g/mol. The van der Waals surface area contributed by atoms with Crippen LogP contribution in [0.25, 0.3) is 0 Å². The summed E-state index contributed by atoms with van der Waals surface area (Å²) >= 11 is 0. The van der Waals surface area contributed by atoms with Crippen LogP contribution in [0.5, 0.6) is 0 Å². The summed E-state index contributed by atoms with van der Waals surface area (Å²) in [6.45, 7) is 2.11. The van der Waals surface area contributed by atoms with Crippen LogP contribution >= 0.6 is 0 Å². The molecule has 1 heterocycles. The van der Waals surface area contributed by atoms with Crippen LogP contribution in [0, 0.1) is 0 Å². The van der Waals surface area contributed by atoms with E-state index in [1.807, 2.05) is 18.2 Å². The first-order valence-electron chi connectivity index (χ1n) is 6.45. The van der Waals surface area contributed by atoms with Gasteiger partial charge in [-0.1, -0.05) is 30.3 Å². The fourth-order valence-corrected chi connectivity index (χ4v) is 2.30. The van der Waals surface area contributed by atoms with Crippen LogP contribution in [-0.2, 0) is 10.2 Å². The number of aromatic nitrogens is 1. The highest BCUT2D eigenvalue weighted by molar-refractivity contribution is 5.86. The second-order valence-corrected chi connectivity index (χ2v) is 4.71. The van der Waals surface area contributed by atoms with Gasteiger partial charge in [0.1, 0.15) is 6.26 Å². The zero-order valence-corrected chi connectivity index (χ0v) is 10.8. The largest absolute Gasteiger partial charge is 0.461 e. The molecule has 0 unspecified atom stereocenters. The average Bonchev–Trinajstić information content (AvgIpc) is 3.10. The number of hydrogen-bond donors (Lipinski definition) is 0. The number of oxazole rings is 1. The van der Waals surface area contributed by atoms with Gasteiger partial charge < -0.3 is 9.15 Å². The lowest BCUT2D eigenvalue weighted by molar-refractivity contribution is 0.0519. The zero-order valence-electron chi connectivity index (χ0n) is 10.8. The monoisotopic (exact) mass is 257 g/mol. The molecule has 19 heavy (non-hydrogen) atoms. The molecular formula is C15H15NO3. The summed E-state index contributed by atoms with van der Waals surface area (Å²) in [6, 6.07) is 10.1. The summed E-state index contributed by atoms with van der Waals surface area (Å²) < 4.78 is 10.4. The predicted octanol–water partition coefficient (Wildman–Crippen LogP) is 2.93. The molecule has 0 radical (unpaired) electrons. The standard InChI is InChI=1S/C15H15NO3/c1-2-18-13(17)12-10-19-14(16-12)15(8-9-15)11-6-4-3-5-7-11/h3-7,10H,2,8-9H2,1H3. The topological polar surface area (TPSA) is 52.3 Å². The van der Waals surface area contributed by atoms with Gasteiger partial charge in [-0.3, -0.25) is 0 Å². The molecule has 1 aliphatic carbocycles. The quantitative estimate of drug-likeness (QED) is 0.790. The van der Waals surface area contributed by atoms with E-state index in [2.05, 4.69) is 17.1 Å². The molecule has 0 aliphatic heterocycles. The molecule has 1 aromatic carbocycles. The molecule has 1 fully saturated rings. The smallest absolute Gasteiger partial charge is 0.360 e. The Morgan fingerprint density at radius 2 is 2.11 bits per heavy atom. The SMILES string of the molecule is CCOC(=O)c1coc(C2(c3ccccc3)CC2)n1. The molecule has 1 saturated carbocycles. The minimum Gasteiger partial charge on any atom is -0.461 e. The number of carbonyl (C=O) groups is 1. The molecule has 4 heteroatoms. The molecule has 2 aromatic rings. The van der Waals surface area contributed by atoms with E-state index in [9.17, 15) is 4.79 Å². The number of benzene rings is 1. The Morgan fingerprint density at radius 1 is 1.37 bits per heavy atom. The number of rotatable bonds is 4. The van der Waals surface area contributed by atoms with Crippen molar-refractivity contribution in [1.29, 1.82) is 0 Å². The first-order valence-corrected chi connectivity index (χ1v) is 6.45. The van der Waals surface area contributed by atoms with Crippen molar-refractivity contribution in [3.63, 3.8) is 0 Å². The fraction of sp³-hybridized carbons (Fsp3) is 0.333. The summed E-state index contributed by atoms with van der Waals surface area (Å²) in [5, 5.41) is 0. The highest BCUT2D eigenvalue weighted by Crippen LogP contribution is 2.52. The van der Waals surface area contributed by atoms with E-state index in [-0.39, 0.29) is 11.1 Å². The summed E-state index contributed by atoms with van der Waals surface area (Å²) in [7, 11) is 0. The Hall–Kier alpha value is -2.10. The van der Waals surface area contributed by atoms with Gasteiger partial charge in [0.05, 0.1) is 12.0 Å². The van der Waals surface area contributed by atoms with Crippen LogP contribution in [0.3, 0.4) is 0 Å². The lowest BCUT2D eigenvalue weighted by Gasteiger charge is -2.10. The van der Waals surface area contributed by atoms with Crippen LogP contribution in [0.15, 0.2) is 41.0 Å². The van der Waals surface area contributed by atoms with Gasteiger partial charge in [0.25, 0.3) is 0 Å². The number of esters is 1. The number of ether oxygens (including phenoxy) is 1. The molecule has 0 spiro atoms. The first kappa shape index (κ1) is 12.0. The summed E-state index contributed by atoms with van der Waals surface area (Å²) in [6.07, 6.45) is 3.38. The molecule has 3 rings (SSSR count). The Labute approximate surface area is 111 Å². The summed E-state index contributed by atoms with van der Waals surface area (Å²) in [5.74, 6) is 0.183. The maximum absolute atomic E-state index is 11.6. The molecule has 1 aliphatic rings. The van der Waals surface area contributed by atoms with E-state index >= 15 is 0 Å². The first-order chi connectivity index (χ1) is 9.26. The third-order valence-corrected chi connectivity index (χ3v) is 3.47. The van der Waals surface area contributed by atoms with Gasteiger partial charge in [0.2, 0.25) is 5.89 Å². The number of nitrogens with zero attached hydrogens (tertiary/aromatic N) is 1. The minimum absolute atomic E-state index is 0.147. The maximum atomic E-state index is 11.6. The van der Waals surface area contributed by atoms with E-state index in [0.29, 0.717) is 12.5 Å². The Morgan fingerprint density at radius 3 is 2.74 bits per heavy atom. The van der Waals surface area contributed by atoms with Crippen molar-refractivity contribution >= 4 is 5.97 Å². The zero-order chi connectivity index (χ0) is 13.3. The third-order valence-electron chi connectivity index (χ3n) is 3.47. The van der Waals surface area contributed by atoms with Crippen molar-refractivity contribution in [3.8, 4) is 0 Å². The van der Waals surface area contributed by atoms with Crippen LogP contribution in [0.1, 0.15) is 41.7 Å². The molecule has 1 aromatic heterocycles. The van der Waals surface area contributed by atoms with Gasteiger partial charge >= 0.3 is 5.97 Å². The number of carbonyl (C=O) groups excluding carboxylic acids is 1. The molecule has 0 atom stereocenters. The van der Waals surface area contributed by atoms with Crippen LogP contribution in [0.4, 0.5) is 0 Å². The lowest BCUT2D eigenvalue weighted by Crippen LogP contribution is -2.10. The van der Waals surface area contributed by atoms with Gasteiger partial charge in [-0.2, -0.15) is 0 Å². The van der Waals surface area contributed by atoms with E-state index in [4.69, 9.17) is 9.15 Å². The van der Waals surface area contributed by atoms with Gasteiger partial charge in [0.15, 0.2) is 5.69 Å². The fourth-order valence-electron chi connectivity index (χ4n) is 2.30. The number of hydrogen-bond acceptors (Lipinski definition) is 4. The Balaban J connectivity index is 1.89. The highest BCUT2D eigenvalue weighted by atomic mass is 16.5. The summed E-state index contributed by atoms with van der Waals surface area (Å²) in [4.78, 5) is 15.9. The normalized spacial score (nSPS) is 16.1. The Kier molecular flexibility index (Phi) is 2.85. The third kappa shape index (κ3) is 2.03. The summed E-state index contributed by atoms with van der Waals surface area (Å²) in [5.41, 5.74) is 1.29. The molecule has 0 bridgehead atoms. The second-order valence-electron chi connectivity index (χ2n) is 4.71. The predicted molar refractivity (Wildman–Crippen MR) is 68.9 cm³/mol. The van der Waals surface area contributed by atoms with Crippen molar-refractivity contribution in [1.82, 2.24) is 4.98 Å². The molecular weight excluding hydrogens is 242 g/mol. The van der Waals surface area contributed by atoms with Crippen molar-refractivity contribution in [2.24, 2.45) is 0 Å². The Bertz CT molecular complexity index is 584. The second kappa shape index (κ2) is 4.53. The molecule has 0 N–H and O–H groups in total. The van der Waals surface area contributed by atoms with Gasteiger partial charge in [-0.05, 0) is 25.3 Å². The van der Waals surface area contributed by atoms with Crippen molar-refractivity contribution in [2.45, 2.75) is 25.2 Å². The molecule has 98 valence electrons. The molecule has 0 saturated heterocycles.